The summed E-state index contributed by atoms with van der Waals surface area (Å²) in [6.45, 7) is 3.72. The topological polar surface area (TPSA) is 58.2 Å². The first kappa shape index (κ1) is 20.3. The lowest BCUT2D eigenvalue weighted by molar-refractivity contribution is -0.129. The van der Waals surface area contributed by atoms with Crippen LogP contribution in [0.25, 0.3) is 0 Å². The van der Waals surface area contributed by atoms with E-state index in [0.29, 0.717) is 12.3 Å². The van der Waals surface area contributed by atoms with Crippen molar-refractivity contribution in [3.8, 4) is 0 Å². The van der Waals surface area contributed by atoms with Crippen LogP contribution in [-0.2, 0) is 35.5 Å². The van der Waals surface area contributed by atoms with Crippen LogP contribution in [0.3, 0.4) is 0 Å². The monoisotopic (exact) mass is 410 g/mol. The molecule has 1 aliphatic carbocycles. The summed E-state index contributed by atoms with van der Waals surface area (Å²) < 4.78 is 0. The van der Waals surface area contributed by atoms with Crippen LogP contribution in [-0.4, -0.2) is 17.7 Å². The van der Waals surface area contributed by atoms with Crippen molar-refractivity contribution >= 4 is 23.0 Å². The number of carbonyl (C=O) groups excluding carboxylic acids is 2. The molecule has 4 rings (SSSR count). The lowest BCUT2D eigenvalue weighted by Gasteiger charge is -2.16. The van der Waals surface area contributed by atoms with Crippen molar-refractivity contribution in [1.29, 1.82) is 0 Å². The van der Waals surface area contributed by atoms with Gasteiger partial charge in [0.25, 0.3) is 0 Å². The molecule has 1 amide bonds. The molecule has 2 N–H and O–H groups in total. The molecule has 1 saturated carbocycles. The molecule has 1 aromatic carbocycles. The van der Waals surface area contributed by atoms with Crippen LogP contribution in [0.4, 0.5) is 0 Å². The Hall–Kier alpha value is -1.98. The molecule has 29 heavy (non-hydrogen) atoms. The first-order chi connectivity index (χ1) is 14.1. The van der Waals surface area contributed by atoms with Crippen LogP contribution in [0.5, 0.6) is 0 Å². The van der Waals surface area contributed by atoms with Crippen molar-refractivity contribution in [1.82, 2.24) is 10.6 Å². The van der Waals surface area contributed by atoms with E-state index in [1.54, 1.807) is 0 Å². The summed E-state index contributed by atoms with van der Waals surface area (Å²) in [5.74, 6) is 0.799. The number of rotatable bonds is 8. The molecule has 154 valence electrons. The molecule has 0 spiro atoms. The predicted molar refractivity (Wildman–Crippen MR) is 117 cm³/mol. The van der Waals surface area contributed by atoms with E-state index >= 15 is 0 Å². The van der Waals surface area contributed by atoms with Gasteiger partial charge >= 0.3 is 0 Å². The van der Waals surface area contributed by atoms with Gasteiger partial charge in [-0.15, -0.1) is 11.3 Å². The van der Waals surface area contributed by atoms with Crippen LogP contribution in [0.2, 0.25) is 0 Å². The number of benzene rings is 1. The molecule has 1 aromatic heterocycles. The van der Waals surface area contributed by atoms with Crippen molar-refractivity contribution in [2.75, 3.05) is 0 Å². The van der Waals surface area contributed by atoms with E-state index in [2.05, 4.69) is 41.0 Å². The van der Waals surface area contributed by atoms with Gasteiger partial charge in [-0.2, -0.15) is 0 Å². The minimum absolute atomic E-state index is 0.0479. The summed E-state index contributed by atoms with van der Waals surface area (Å²) in [6, 6.07) is 12.3. The molecule has 0 radical (unpaired) electrons. The van der Waals surface area contributed by atoms with E-state index in [0.717, 1.165) is 45.2 Å². The zero-order chi connectivity index (χ0) is 20.2. The van der Waals surface area contributed by atoms with E-state index in [1.807, 2.05) is 24.3 Å². The van der Waals surface area contributed by atoms with Gasteiger partial charge in [-0.3, -0.25) is 9.59 Å². The molecular weight excluding hydrogens is 380 g/mol. The quantitative estimate of drug-likeness (QED) is 0.691. The van der Waals surface area contributed by atoms with Gasteiger partial charge in [-0.1, -0.05) is 30.3 Å². The third kappa shape index (κ3) is 5.14. The van der Waals surface area contributed by atoms with E-state index in [1.165, 1.54) is 20.9 Å². The second-order valence-corrected chi connectivity index (χ2v) is 9.75. The van der Waals surface area contributed by atoms with Crippen LogP contribution in [0, 0.1) is 11.8 Å². The Morgan fingerprint density at radius 2 is 2.03 bits per heavy atom. The zero-order valence-electron chi connectivity index (χ0n) is 17.1. The highest BCUT2D eigenvalue weighted by Crippen LogP contribution is 2.33. The Kier molecular flexibility index (Phi) is 6.46. The molecule has 1 fully saturated rings. The minimum Gasteiger partial charge on any atom is -0.346 e. The normalized spacial score (nSPS) is 21.7. The molecule has 0 bridgehead atoms. The van der Waals surface area contributed by atoms with E-state index < -0.39 is 6.04 Å². The summed E-state index contributed by atoms with van der Waals surface area (Å²) in [4.78, 5) is 27.9. The molecule has 2 aromatic rings. The average Bonchev–Trinajstić information content (AvgIpc) is 3.43. The fourth-order valence-corrected chi connectivity index (χ4v) is 5.74. The maximum Gasteiger partial charge on any atom is 0.223 e. The summed E-state index contributed by atoms with van der Waals surface area (Å²) >= 11 is 1.81. The van der Waals surface area contributed by atoms with Gasteiger partial charge in [-0.25, -0.2) is 0 Å². The number of amides is 1. The Morgan fingerprint density at radius 3 is 2.83 bits per heavy atom. The molecule has 0 unspecified atom stereocenters. The largest absolute Gasteiger partial charge is 0.346 e. The molecule has 1 aliphatic heterocycles. The van der Waals surface area contributed by atoms with Crippen LogP contribution in [0.15, 0.2) is 36.4 Å². The van der Waals surface area contributed by atoms with E-state index in [-0.39, 0.29) is 17.6 Å². The van der Waals surface area contributed by atoms with E-state index in [9.17, 15) is 9.59 Å². The summed E-state index contributed by atoms with van der Waals surface area (Å²) in [5, 5.41) is 6.32. The first-order valence-corrected chi connectivity index (χ1v) is 11.6. The Balaban J connectivity index is 1.21. The molecule has 3 atom stereocenters. The number of fused-ring (bicyclic) bond motifs is 1. The van der Waals surface area contributed by atoms with Crippen molar-refractivity contribution in [2.45, 2.75) is 64.6 Å². The standard InChI is InChI=1S/C24H30N2O2S/c1-16(22(27)10-9-21-13-20-14-25-15-23(20)29-21)26-24(28)19-8-7-18(12-19)11-17-5-3-2-4-6-17/h2-6,13,16,18-19,25H,7-12,14-15H2,1H3,(H,26,28)/t16-,18-,19+/m0/s1. The van der Waals surface area contributed by atoms with Crippen molar-refractivity contribution in [2.24, 2.45) is 11.8 Å². The third-order valence-electron chi connectivity index (χ3n) is 6.29. The highest BCUT2D eigenvalue weighted by Gasteiger charge is 2.31. The summed E-state index contributed by atoms with van der Waals surface area (Å²) in [6.07, 6.45) is 5.26. The Morgan fingerprint density at radius 1 is 1.21 bits per heavy atom. The highest BCUT2D eigenvalue weighted by atomic mass is 32.1. The average molecular weight is 411 g/mol. The molecule has 2 aliphatic rings. The maximum atomic E-state index is 12.7. The van der Waals surface area contributed by atoms with Gasteiger partial charge in [0.15, 0.2) is 5.78 Å². The number of ketones is 1. The number of Topliss-reactive ketones (excluding diaryl/α,β-unsaturated/α-hetero) is 1. The van der Waals surface area contributed by atoms with Crippen molar-refractivity contribution < 1.29 is 9.59 Å². The fourth-order valence-electron chi connectivity index (χ4n) is 4.58. The Labute approximate surface area is 177 Å². The molecule has 2 heterocycles. The van der Waals surface area contributed by atoms with Crippen LogP contribution >= 0.6 is 11.3 Å². The predicted octanol–water partition coefficient (Wildman–Crippen LogP) is 4.02. The fraction of sp³-hybridized carbons (Fsp3) is 0.500. The molecular formula is C24H30N2O2S. The number of carbonyl (C=O) groups is 2. The van der Waals surface area contributed by atoms with Crippen molar-refractivity contribution in [3.63, 3.8) is 0 Å². The summed E-state index contributed by atoms with van der Waals surface area (Å²) in [5.41, 5.74) is 2.72. The van der Waals surface area contributed by atoms with Gasteiger partial charge < -0.3 is 10.6 Å². The summed E-state index contributed by atoms with van der Waals surface area (Å²) in [7, 11) is 0. The minimum atomic E-state index is -0.399. The number of hydrogen-bond acceptors (Lipinski definition) is 4. The van der Waals surface area contributed by atoms with Crippen molar-refractivity contribution in [3.05, 3.63) is 57.3 Å². The first-order valence-electron chi connectivity index (χ1n) is 10.8. The second-order valence-electron chi connectivity index (χ2n) is 8.53. The molecule has 5 heteroatoms. The van der Waals surface area contributed by atoms with Gasteiger partial charge in [0.05, 0.1) is 6.04 Å². The molecule has 4 nitrogen and oxygen atoms in total. The van der Waals surface area contributed by atoms with Gasteiger partial charge in [0.1, 0.15) is 0 Å². The van der Waals surface area contributed by atoms with Gasteiger partial charge in [-0.05, 0) is 62.1 Å². The van der Waals surface area contributed by atoms with Crippen LogP contribution < -0.4 is 10.6 Å². The number of hydrogen-bond donors (Lipinski definition) is 2. The maximum absolute atomic E-state index is 12.7. The number of nitrogens with one attached hydrogen (secondary N) is 2. The number of aryl methyl sites for hydroxylation is 1. The highest BCUT2D eigenvalue weighted by molar-refractivity contribution is 7.12. The zero-order valence-corrected chi connectivity index (χ0v) is 17.9. The smallest absolute Gasteiger partial charge is 0.223 e. The SMILES string of the molecule is C[C@H](NC(=O)[C@@H]1CC[C@@H](Cc2ccccc2)C1)C(=O)CCc1cc2c(s1)CNC2. The molecule has 0 saturated heterocycles. The van der Waals surface area contributed by atoms with Crippen LogP contribution in [0.1, 0.15) is 53.5 Å². The Bertz CT molecular complexity index is 840. The third-order valence-corrected chi connectivity index (χ3v) is 7.52. The van der Waals surface area contributed by atoms with Gasteiger partial charge in [0, 0.05) is 35.2 Å². The second kappa shape index (κ2) is 9.23. The lowest BCUT2D eigenvalue weighted by atomic mass is 9.96. The van der Waals surface area contributed by atoms with E-state index in [4.69, 9.17) is 0 Å². The number of thiophene rings is 1. The lowest BCUT2D eigenvalue weighted by Crippen LogP contribution is -2.41. The van der Waals surface area contributed by atoms with Gasteiger partial charge in [0.2, 0.25) is 5.91 Å².